The van der Waals surface area contributed by atoms with Crippen molar-refractivity contribution in [3.63, 3.8) is 0 Å². The van der Waals surface area contributed by atoms with Crippen LogP contribution in [0.2, 0.25) is 0 Å². The summed E-state index contributed by atoms with van der Waals surface area (Å²) in [6.07, 6.45) is 3.62. The molecule has 0 fully saturated rings. The van der Waals surface area contributed by atoms with Gasteiger partial charge < -0.3 is 28.7 Å². The molecule has 0 radical (unpaired) electrons. The fourth-order valence-corrected chi connectivity index (χ4v) is 5.22. The molecule has 0 aliphatic heterocycles. The summed E-state index contributed by atoms with van der Waals surface area (Å²) in [5.74, 6) is 3.14. The monoisotopic (exact) mass is 610 g/mol. The zero-order chi connectivity index (χ0) is 31.9. The number of hydrogen-bond donors (Lipinski definition) is 0. The zero-order valence-electron chi connectivity index (χ0n) is 26.1. The quantitative estimate of drug-likeness (QED) is 0.144. The molecule has 0 aliphatic carbocycles. The summed E-state index contributed by atoms with van der Waals surface area (Å²) in [6, 6.07) is 39.9. The Bertz CT molecular complexity index is 1640. The van der Waals surface area contributed by atoms with Crippen LogP contribution in [0.25, 0.3) is 11.4 Å². The molecule has 46 heavy (non-hydrogen) atoms. The molecule has 4 aromatic carbocycles. The van der Waals surface area contributed by atoms with Crippen LogP contribution in [0.15, 0.2) is 134 Å². The third kappa shape index (κ3) is 6.42. The molecule has 0 N–H and O–H groups in total. The van der Waals surface area contributed by atoms with E-state index in [0.717, 1.165) is 68.5 Å². The second-order valence-electron chi connectivity index (χ2n) is 10.3. The summed E-state index contributed by atoms with van der Waals surface area (Å²) < 4.78 is 21.7. The number of benzene rings is 4. The summed E-state index contributed by atoms with van der Waals surface area (Å²) in [7, 11) is 6.65. The van der Waals surface area contributed by atoms with Crippen molar-refractivity contribution in [2.45, 2.75) is 0 Å². The minimum atomic E-state index is 0.732. The average molecular weight is 611 g/mol. The van der Waals surface area contributed by atoms with Gasteiger partial charge in [0.2, 0.25) is 0 Å². The van der Waals surface area contributed by atoms with Gasteiger partial charge in [0.1, 0.15) is 23.0 Å². The average Bonchev–Trinajstić information content (AvgIpc) is 3.13. The van der Waals surface area contributed by atoms with Crippen molar-refractivity contribution in [3.05, 3.63) is 134 Å². The smallest absolute Gasteiger partial charge is 0.119 e. The molecule has 0 bridgehead atoms. The van der Waals surface area contributed by atoms with Gasteiger partial charge in [-0.15, -0.1) is 0 Å². The van der Waals surface area contributed by atoms with Gasteiger partial charge in [0.25, 0.3) is 0 Å². The lowest BCUT2D eigenvalue weighted by atomic mass is 10.1. The van der Waals surface area contributed by atoms with E-state index >= 15 is 0 Å². The van der Waals surface area contributed by atoms with E-state index in [0.29, 0.717) is 0 Å². The highest BCUT2D eigenvalue weighted by atomic mass is 16.5. The van der Waals surface area contributed by atoms with Crippen molar-refractivity contribution in [3.8, 4) is 34.4 Å². The lowest BCUT2D eigenvalue weighted by molar-refractivity contribution is 0.414. The summed E-state index contributed by atoms with van der Waals surface area (Å²) in [4.78, 5) is 13.8. The van der Waals surface area contributed by atoms with E-state index in [1.54, 1.807) is 28.4 Å². The highest BCUT2D eigenvalue weighted by molar-refractivity contribution is 5.81. The number of nitrogens with zero attached hydrogens (tertiary/aromatic N) is 4. The minimum absolute atomic E-state index is 0.732. The molecule has 0 aliphatic rings. The second kappa shape index (κ2) is 13.7. The first-order valence-electron chi connectivity index (χ1n) is 14.7. The normalized spacial score (nSPS) is 10.6. The summed E-state index contributed by atoms with van der Waals surface area (Å²) in [5.41, 5.74) is 7.19. The van der Waals surface area contributed by atoms with Gasteiger partial charge in [0.15, 0.2) is 0 Å². The highest BCUT2D eigenvalue weighted by Gasteiger charge is 2.17. The molecule has 2 heterocycles. The van der Waals surface area contributed by atoms with Gasteiger partial charge in [0, 0.05) is 46.5 Å². The van der Waals surface area contributed by atoms with E-state index in [-0.39, 0.29) is 0 Å². The van der Waals surface area contributed by atoms with Crippen LogP contribution in [0.5, 0.6) is 23.0 Å². The lowest BCUT2D eigenvalue weighted by Gasteiger charge is -2.27. The molecule has 0 saturated heterocycles. The number of hydrogen-bond acceptors (Lipinski definition) is 8. The predicted molar refractivity (Wildman–Crippen MR) is 183 cm³/mol. The first kappa shape index (κ1) is 30.0. The van der Waals surface area contributed by atoms with Crippen LogP contribution < -0.4 is 28.7 Å². The van der Waals surface area contributed by atoms with Crippen LogP contribution in [0, 0.1) is 0 Å². The standard InChI is InChI=1S/C38H34N4O4/c1-43-33-13-5-27(6-14-33)41(28-7-15-34(44-2)16-8-28)31-21-23-39-37(25-31)38-26-32(22-24-40-38)42(29-9-17-35(45-3)18-10-29)30-11-19-36(46-4)20-12-30/h5-26H,1-4H3. The molecule has 230 valence electrons. The van der Waals surface area contributed by atoms with Gasteiger partial charge in [-0.1, -0.05) is 0 Å². The largest absolute Gasteiger partial charge is 0.497 e. The topological polar surface area (TPSA) is 69.2 Å². The molecule has 0 saturated carbocycles. The summed E-state index contributed by atoms with van der Waals surface area (Å²) >= 11 is 0. The van der Waals surface area contributed by atoms with E-state index in [1.165, 1.54) is 0 Å². The third-order valence-corrected chi connectivity index (χ3v) is 7.59. The second-order valence-corrected chi connectivity index (χ2v) is 10.3. The van der Waals surface area contributed by atoms with E-state index < -0.39 is 0 Å². The van der Waals surface area contributed by atoms with Crippen LogP contribution >= 0.6 is 0 Å². The Morgan fingerprint density at radius 3 is 0.848 bits per heavy atom. The van der Waals surface area contributed by atoms with Gasteiger partial charge in [0.05, 0.1) is 39.8 Å². The van der Waals surface area contributed by atoms with Crippen molar-refractivity contribution in [2.75, 3.05) is 38.2 Å². The number of rotatable bonds is 11. The highest BCUT2D eigenvalue weighted by Crippen LogP contribution is 2.39. The molecule has 0 unspecified atom stereocenters. The van der Waals surface area contributed by atoms with Crippen LogP contribution in [-0.4, -0.2) is 38.4 Å². The predicted octanol–water partition coefficient (Wildman–Crippen LogP) is 9.12. The molecule has 6 rings (SSSR count). The number of ether oxygens (including phenoxy) is 4. The first-order valence-corrected chi connectivity index (χ1v) is 14.7. The number of pyridine rings is 2. The van der Waals surface area contributed by atoms with E-state index in [1.807, 2.05) is 134 Å². The third-order valence-electron chi connectivity index (χ3n) is 7.59. The maximum Gasteiger partial charge on any atom is 0.119 e. The maximum absolute atomic E-state index is 5.42. The molecule has 2 aromatic heterocycles. The van der Waals surface area contributed by atoms with Gasteiger partial charge in [-0.25, -0.2) is 0 Å². The van der Waals surface area contributed by atoms with Crippen molar-refractivity contribution in [2.24, 2.45) is 0 Å². The van der Waals surface area contributed by atoms with Crippen LogP contribution in [0.4, 0.5) is 34.1 Å². The van der Waals surface area contributed by atoms with Crippen molar-refractivity contribution in [1.29, 1.82) is 0 Å². The summed E-state index contributed by atoms with van der Waals surface area (Å²) in [6.45, 7) is 0. The van der Waals surface area contributed by atoms with Gasteiger partial charge in [-0.2, -0.15) is 0 Å². The summed E-state index contributed by atoms with van der Waals surface area (Å²) in [5, 5.41) is 0. The Morgan fingerprint density at radius 2 is 0.609 bits per heavy atom. The fourth-order valence-electron chi connectivity index (χ4n) is 5.22. The van der Waals surface area contributed by atoms with Crippen LogP contribution in [0.3, 0.4) is 0 Å². The number of aromatic nitrogens is 2. The Hall–Kier alpha value is -6.02. The number of anilines is 6. The Labute approximate surface area is 269 Å². The SMILES string of the molecule is COc1ccc(N(c2ccc(OC)cc2)c2ccnc(-c3cc(N(c4ccc(OC)cc4)c4ccc(OC)cc4)ccn3)c2)cc1. The van der Waals surface area contributed by atoms with Crippen molar-refractivity contribution in [1.82, 2.24) is 9.97 Å². The number of methoxy groups -OCH3 is 4. The molecule has 8 nitrogen and oxygen atoms in total. The van der Waals surface area contributed by atoms with E-state index in [4.69, 9.17) is 28.9 Å². The van der Waals surface area contributed by atoms with E-state index in [2.05, 4.69) is 9.80 Å². The van der Waals surface area contributed by atoms with Gasteiger partial charge >= 0.3 is 0 Å². The van der Waals surface area contributed by atoms with Gasteiger partial charge in [-0.3, -0.25) is 9.97 Å². The fraction of sp³-hybridized carbons (Fsp3) is 0.105. The first-order chi connectivity index (χ1) is 22.6. The van der Waals surface area contributed by atoms with Crippen LogP contribution in [0.1, 0.15) is 0 Å². The molecular formula is C38H34N4O4. The molecule has 8 heteroatoms. The maximum atomic E-state index is 5.42. The van der Waals surface area contributed by atoms with Gasteiger partial charge in [-0.05, 0) is 121 Å². The van der Waals surface area contributed by atoms with Crippen LogP contribution in [-0.2, 0) is 0 Å². The van der Waals surface area contributed by atoms with E-state index in [9.17, 15) is 0 Å². The Morgan fingerprint density at radius 1 is 0.348 bits per heavy atom. The minimum Gasteiger partial charge on any atom is -0.497 e. The van der Waals surface area contributed by atoms with Crippen molar-refractivity contribution >= 4 is 34.1 Å². The molecule has 0 atom stereocenters. The zero-order valence-corrected chi connectivity index (χ0v) is 26.1. The molecular weight excluding hydrogens is 576 g/mol. The Balaban J connectivity index is 1.42. The molecule has 0 amide bonds. The lowest BCUT2D eigenvalue weighted by Crippen LogP contribution is -2.11. The molecule has 6 aromatic rings. The molecule has 0 spiro atoms. The Kier molecular flexibility index (Phi) is 8.97. The van der Waals surface area contributed by atoms with Crippen molar-refractivity contribution < 1.29 is 18.9 Å².